The smallest absolute Gasteiger partial charge is 0.223 e. The van der Waals surface area contributed by atoms with Crippen molar-refractivity contribution in [3.63, 3.8) is 0 Å². The summed E-state index contributed by atoms with van der Waals surface area (Å²) in [7, 11) is 0. The molecule has 1 saturated heterocycles. The second-order valence-electron chi connectivity index (χ2n) is 4.59. The van der Waals surface area contributed by atoms with Gasteiger partial charge in [0.15, 0.2) is 0 Å². The van der Waals surface area contributed by atoms with Gasteiger partial charge in [0, 0.05) is 28.9 Å². The van der Waals surface area contributed by atoms with E-state index in [9.17, 15) is 4.79 Å². The topological polar surface area (TPSA) is 20.3 Å². The number of benzene rings is 1. The van der Waals surface area contributed by atoms with Gasteiger partial charge in [-0.15, -0.1) is 6.58 Å². The molecule has 2 unspecified atom stereocenters. The van der Waals surface area contributed by atoms with Crippen LogP contribution >= 0.6 is 23.2 Å². The largest absolute Gasteiger partial charge is 0.335 e. The van der Waals surface area contributed by atoms with Crippen LogP contribution < -0.4 is 0 Å². The first kappa shape index (κ1) is 13.4. The van der Waals surface area contributed by atoms with E-state index in [1.54, 1.807) is 12.1 Å². The molecule has 2 rings (SSSR count). The number of halogens is 2. The third-order valence-corrected chi connectivity index (χ3v) is 3.96. The van der Waals surface area contributed by atoms with Gasteiger partial charge in [0.2, 0.25) is 5.91 Å². The van der Waals surface area contributed by atoms with Crippen LogP contribution in [0.25, 0.3) is 0 Å². The summed E-state index contributed by atoms with van der Waals surface area (Å²) in [5, 5.41) is 1.21. The summed E-state index contributed by atoms with van der Waals surface area (Å²) in [6.45, 7) is 6.45. The van der Waals surface area contributed by atoms with Crippen molar-refractivity contribution in [2.75, 3.05) is 6.54 Å². The minimum absolute atomic E-state index is 0.0350. The van der Waals surface area contributed by atoms with E-state index in [-0.39, 0.29) is 17.9 Å². The van der Waals surface area contributed by atoms with Gasteiger partial charge in [-0.2, -0.15) is 0 Å². The number of carbonyl (C=O) groups is 1. The summed E-state index contributed by atoms with van der Waals surface area (Å²) in [6, 6.07) is 5.35. The molecule has 4 heteroatoms. The predicted molar refractivity (Wildman–Crippen MR) is 74.9 cm³/mol. The molecule has 0 N–H and O–H groups in total. The highest BCUT2D eigenvalue weighted by atomic mass is 35.5. The Bertz CT molecular complexity index is 487. The van der Waals surface area contributed by atoms with E-state index in [0.717, 1.165) is 5.56 Å². The lowest BCUT2D eigenvalue weighted by atomic mass is 10.1. The lowest BCUT2D eigenvalue weighted by Gasteiger charge is -2.25. The molecule has 96 valence electrons. The first-order chi connectivity index (χ1) is 8.52. The van der Waals surface area contributed by atoms with Crippen molar-refractivity contribution in [2.24, 2.45) is 5.92 Å². The number of hydrogen-bond donors (Lipinski definition) is 0. The monoisotopic (exact) mass is 283 g/mol. The summed E-state index contributed by atoms with van der Waals surface area (Å²) < 4.78 is 0. The van der Waals surface area contributed by atoms with E-state index in [1.165, 1.54) is 0 Å². The van der Waals surface area contributed by atoms with Gasteiger partial charge in [0.1, 0.15) is 0 Å². The fraction of sp³-hybridized carbons (Fsp3) is 0.357. The Hall–Kier alpha value is -0.990. The summed E-state index contributed by atoms with van der Waals surface area (Å²) >= 11 is 12.1. The molecule has 0 radical (unpaired) electrons. The number of amides is 1. The Morgan fingerprint density at radius 3 is 2.78 bits per heavy atom. The number of hydrogen-bond acceptors (Lipinski definition) is 1. The Balaban J connectivity index is 2.23. The van der Waals surface area contributed by atoms with Crippen molar-refractivity contribution in [3.8, 4) is 0 Å². The van der Waals surface area contributed by atoms with Crippen molar-refractivity contribution in [1.82, 2.24) is 4.90 Å². The molecule has 1 aromatic carbocycles. The fourth-order valence-corrected chi connectivity index (χ4v) is 2.87. The maximum atomic E-state index is 11.9. The lowest BCUT2D eigenvalue weighted by Crippen LogP contribution is -2.28. The zero-order valence-electron chi connectivity index (χ0n) is 10.2. The molecular formula is C14H15Cl2NO. The number of nitrogens with zero attached hydrogens (tertiary/aromatic N) is 1. The van der Waals surface area contributed by atoms with Gasteiger partial charge in [-0.05, 0) is 24.6 Å². The zero-order chi connectivity index (χ0) is 13.3. The van der Waals surface area contributed by atoms with Gasteiger partial charge in [-0.25, -0.2) is 0 Å². The second-order valence-corrected chi connectivity index (χ2v) is 5.43. The van der Waals surface area contributed by atoms with E-state index in [1.807, 2.05) is 24.0 Å². The average Bonchev–Trinajstić information content (AvgIpc) is 2.70. The second kappa shape index (κ2) is 5.33. The Kier molecular flexibility index (Phi) is 3.98. The van der Waals surface area contributed by atoms with E-state index >= 15 is 0 Å². The normalized spacial score (nSPS) is 21.2. The van der Waals surface area contributed by atoms with Crippen molar-refractivity contribution in [2.45, 2.75) is 19.4 Å². The highest BCUT2D eigenvalue weighted by molar-refractivity contribution is 6.35. The third kappa shape index (κ3) is 2.55. The van der Waals surface area contributed by atoms with E-state index in [2.05, 4.69) is 6.58 Å². The molecule has 2 atom stereocenters. The summed E-state index contributed by atoms with van der Waals surface area (Å²) in [4.78, 5) is 13.8. The third-order valence-electron chi connectivity index (χ3n) is 3.40. The maximum Gasteiger partial charge on any atom is 0.223 e. The maximum absolute atomic E-state index is 11.9. The molecule has 2 nitrogen and oxygen atoms in total. The molecule has 1 aliphatic rings. The quantitative estimate of drug-likeness (QED) is 0.765. The average molecular weight is 284 g/mol. The van der Waals surface area contributed by atoms with Gasteiger partial charge in [-0.1, -0.05) is 35.3 Å². The van der Waals surface area contributed by atoms with Crippen LogP contribution in [-0.2, 0) is 4.79 Å². The molecule has 1 amide bonds. The Labute approximate surface area is 117 Å². The van der Waals surface area contributed by atoms with Crippen LogP contribution in [0.5, 0.6) is 0 Å². The van der Waals surface area contributed by atoms with E-state index in [4.69, 9.17) is 23.2 Å². The van der Waals surface area contributed by atoms with Crippen LogP contribution in [-0.4, -0.2) is 17.4 Å². The standard InChI is InChI=1S/C14H15Cl2NO/c1-3-10-6-14(18)17(8-10)9(2)12-5-4-11(15)7-13(12)16/h3-5,7,9-10H,1,6,8H2,2H3. The van der Waals surface area contributed by atoms with Crippen molar-refractivity contribution in [1.29, 1.82) is 0 Å². The molecular weight excluding hydrogens is 269 g/mol. The van der Waals surface area contributed by atoms with Crippen LogP contribution in [0.4, 0.5) is 0 Å². The molecule has 0 aliphatic carbocycles. The molecule has 1 heterocycles. The zero-order valence-corrected chi connectivity index (χ0v) is 11.7. The first-order valence-electron chi connectivity index (χ1n) is 5.90. The molecule has 1 fully saturated rings. The fourth-order valence-electron chi connectivity index (χ4n) is 2.30. The van der Waals surface area contributed by atoms with Gasteiger partial charge in [0.25, 0.3) is 0 Å². The molecule has 18 heavy (non-hydrogen) atoms. The Morgan fingerprint density at radius 1 is 1.50 bits per heavy atom. The summed E-state index contributed by atoms with van der Waals surface area (Å²) in [5.74, 6) is 0.393. The number of likely N-dealkylation sites (tertiary alicyclic amines) is 1. The predicted octanol–water partition coefficient (Wildman–Crippen LogP) is 4.09. The van der Waals surface area contributed by atoms with Crippen LogP contribution in [0, 0.1) is 5.92 Å². The Morgan fingerprint density at radius 2 is 2.22 bits per heavy atom. The van der Waals surface area contributed by atoms with E-state index < -0.39 is 0 Å². The molecule has 1 aliphatic heterocycles. The van der Waals surface area contributed by atoms with Gasteiger partial charge < -0.3 is 4.90 Å². The molecule has 0 bridgehead atoms. The molecule has 0 saturated carbocycles. The van der Waals surface area contributed by atoms with Crippen molar-refractivity contribution < 1.29 is 4.79 Å². The van der Waals surface area contributed by atoms with Crippen LogP contribution in [0.3, 0.4) is 0 Å². The van der Waals surface area contributed by atoms with Crippen LogP contribution in [0.15, 0.2) is 30.9 Å². The molecule has 0 aromatic heterocycles. The van der Waals surface area contributed by atoms with Gasteiger partial charge in [-0.3, -0.25) is 4.79 Å². The van der Waals surface area contributed by atoms with Crippen molar-refractivity contribution in [3.05, 3.63) is 46.5 Å². The lowest BCUT2D eigenvalue weighted by molar-refractivity contribution is -0.129. The highest BCUT2D eigenvalue weighted by Gasteiger charge is 2.32. The van der Waals surface area contributed by atoms with Crippen molar-refractivity contribution >= 4 is 29.1 Å². The first-order valence-corrected chi connectivity index (χ1v) is 6.65. The minimum Gasteiger partial charge on any atom is -0.335 e. The molecule has 0 spiro atoms. The van der Waals surface area contributed by atoms with Crippen LogP contribution in [0.1, 0.15) is 24.9 Å². The number of rotatable bonds is 3. The number of carbonyl (C=O) groups excluding carboxylic acids is 1. The summed E-state index contributed by atoms with van der Waals surface area (Å²) in [5.41, 5.74) is 0.930. The highest BCUT2D eigenvalue weighted by Crippen LogP contribution is 2.33. The van der Waals surface area contributed by atoms with Gasteiger partial charge >= 0.3 is 0 Å². The SMILES string of the molecule is C=CC1CC(=O)N(C(C)c2ccc(Cl)cc2Cl)C1. The van der Waals surface area contributed by atoms with Crippen LogP contribution in [0.2, 0.25) is 10.0 Å². The van der Waals surface area contributed by atoms with Gasteiger partial charge in [0.05, 0.1) is 6.04 Å². The van der Waals surface area contributed by atoms with E-state index in [0.29, 0.717) is 23.0 Å². The summed E-state index contributed by atoms with van der Waals surface area (Å²) in [6.07, 6.45) is 2.38. The molecule has 1 aromatic rings. The minimum atomic E-state index is -0.0350.